The number of aromatic nitrogens is 2. The van der Waals surface area contributed by atoms with Crippen molar-refractivity contribution in [3.8, 4) is 16.9 Å². The summed E-state index contributed by atoms with van der Waals surface area (Å²) in [6.45, 7) is 11.3. The van der Waals surface area contributed by atoms with Crippen LogP contribution in [0.3, 0.4) is 0 Å². The van der Waals surface area contributed by atoms with Crippen molar-refractivity contribution in [1.29, 1.82) is 0 Å². The number of halogens is 5. The minimum atomic E-state index is -4.86. The second-order valence-electron chi connectivity index (χ2n) is 17.9. The Morgan fingerprint density at radius 3 is 1.90 bits per heavy atom. The third-order valence-corrected chi connectivity index (χ3v) is 12.1. The number of fused-ring (bicyclic) bond motifs is 3. The Morgan fingerprint density at radius 1 is 0.571 bits per heavy atom. The van der Waals surface area contributed by atoms with E-state index in [9.17, 15) is 13.2 Å². The molecule has 0 saturated carbocycles. The Balaban J connectivity index is 1.27. The van der Waals surface area contributed by atoms with E-state index < -0.39 is 29.3 Å². The molecule has 63 heavy (non-hydrogen) atoms. The molecule has 0 radical (unpaired) electrons. The van der Waals surface area contributed by atoms with Gasteiger partial charge in [-0.15, -0.1) is 0 Å². The molecule has 318 valence electrons. The molecular formula is C54H47F5N4. The molecule has 0 spiro atoms. The lowest BCUT2D eigenvalue weighted by Crippen LogP contribution is -2.32. The number of aliphatic imine (C=N–C) groups is 1. The Hall–Kier alpha value is -6.61. The number of hydrogen-bond donors (Lipinski definition) is 0. The summed E-state index contributed by atoms with van der Waals surface area (Å²) in [5.74, 6) is -3.43. The topological polar surface area (TPSA) is 33.4 Å². The standard InChI is InChI=1S/C54H47F5N4/c1-33-17-20-48-45(25-33)44-19-18-37(46-31-39(21-22-60-46)52(3,4)5)27-49(44)63(48)43-24-34(2)23-38(26-43)51-61-47(50(35-13-9-7-10-14-35)36-15-11-8-12-16-36)32-62(51)42-29-40(53(6,55)56)28-41(30-42)54(57,58)59/h7-31,47,50H,32H2,1-6H3/t47-/m0/s1. The predicted octanol–water partition coefficient (Wildman–Crippen LogP) is 14.4. The molecule has 1 aliphatic heterocycles. The van der Waals surface area contributed by atoms with Crippen LogP contribution in [0.15, 0.2) is 157 Å². The van der Waals surface area contributed by atoms with Crippen LogP contribution in [0, 0.1) is 13.8 Å². The monoisotopic (exact) mass is 846 g/mol. The van der Waals surface area contributed by atoms with Crippen LogP contribution >= 0.6 is 0 Å². The quantitative estimate of drug-likeness (QED) is 0.143. The van der Waals surface area contributed by atoms with Crippen molar-refractivity contribution in [2.45, 2.75) is 71.0 Å². The highest BCUT2D eigenvalue weighted by molar-refractivity contribution is 6.13. The lowest BCUT2D eigenvalue weighted by Gasteiger charge is -2.27. The summed E-state index contributed by atoms with van der Waals surface area (Å²) < 4.78 is 76.0. The van der Waals surface area contributed by atoms with Crippen LogP contribution in [0.1, 0.15) is 78.1 Å². The van der Waals surface area contributed by atoms with Crippen LogP contribution in [-0.4, -0.2) is 28.0 Å². The number of rotatable bonds is 8. The average Bonchev–Trinajstić information content (AvgIpc) is 3.83. The normalized spacial score (nSPS) is 14.9. The minimum absolute atomic E-state index is 0.00695. The van der Waals surface area contributed by atoms with Gasteiger partial charge in [0.2, 0.25) is 0 Å². The van der Waals surface area contributed by atoms with Crippen LogP contribution in [0.4, 0.5) is 27.6 Å². The number of benzene rings is 6. The van der Waals surface area contributed by atoms with E-state index in [0.29, 0.717) is 24.4 Å². The molecule has 0 bridgehead atoms. The summed E-state index contributed by atoms with van der Waals surface area (Å²) in [6.07, 6.45) is -3.01. The largest absolute Gasteiger partial charge is 0.416 e. The average molecular weight is 847 g/mol. The first-order valence-electron chi connectivity index (χ1n) is 21.1. The summed E-state index contributed by atoms with van der Waals surface area (Å²) >= 11 is 0. The molecule has 3 heterocycles. The molecule has 9 rings (SSSR count). The lowest BCUT2D eigenvalue weighted by molar-refractivity contribution is -0.137. The van der Waals surface area contributed by atoms with Crippen molar-refractivity contribution in [2.75, 3.05) is 11.4 Å². The van der Waals surface area contributed by atoms with E-state index >= 15 is 8.78 Å². The Kier molecular flexibility index (Phi) is 10.4. The molecule has 0 aliphatic carbocycles. The molecular weight excluding hydrogens is 800 g/mol. The highest BCUT2D eigenvalue weighted by atomic mass is 19.4. The fourth-order valence-corrected chi connectivity index (χ4v) is 8.97. The van der Waals surface area contributed by atoms with Gasteiger partial charge < -0.3 is 9.47 Å². The molecule has 2 aromatic heterocycles. The van der Waals surface area contributed by atoms with Crippen LogP contribution in [0.25, 0.3) is 38.8 Å². The molecule has 9 heteroatoms. The number of pyridine rings is 1. The predicted molar refractivity (Wildman–Crippen MR) is 246 cm³/mol. The summed E-state index contributed by atoms with van der Waals surface area (Å²) in [6, 6.07) is 45.0. The summed E-state index contributed by atoms with van der Waals surface area (Å²) in [7, 11) is 0. The Labute approximate surface area is 364 Å². The van der Waals surface area contributed by atoms with Gasteiger partial charge in [-0.25, -0.2) is 8.78 Å². The fraction of sp³-hybridized carbons (Fsp3) is 0.222. The van der Waals surface area contributed by atoms with Gasteiger partial charge in [0.1, 0.15) is 5.84 Å². The fourth-order valence-electron chi connectivity index (χ4n) is 8.97. The number of anilines is 1. The maximum absolute atomic E-state index is 15.1. The molecule has 0 saturated heterocycles. The van der Waals surface area contributed by atoms with E-state index in [1.165, 1.54) is 11.6 Å². The number of aryl methyl sites for hydroxylation is 2. The van der Waals surface area contributed by atoms with Crippen molar-refractivity contribution in [2.24, 2.45) is 4.99 Å². The van der Waals surface area contributed by atoms with Gasteiger partial charge >= 0.3 is 6.18 Å². The first-order valence-corrected chi connectivity index (χ1v) is 21.1. The summed E-state index contributed by atoms with van der Waals surface area (Å²) in [5, 5.41) is 2.12. The van der Waals surface area contributed by atoms with Gasteiger partial charge in [0, 0.05) is 64.4 Å². The van der Waals surface area contributed by atoms with Crippen molar-refractivity contribution in [3.05, 3.63) is 196 Å². The van der Waals surface area contributed by atoms with Crippen LogP contribution < -0.4 is 4.90 Å². The highest BCUT2D eigenvalue weighted by Crippen LogP contribution is 2.42. The Bertz CT molecular complexity index is 2960. The minimum Gasteiger partial charge on any atom is -0.324 e. The van der Waals surface area contributed by atoms with E-state index in [0.717, 1.165) is 67.1 Å². The zero-order valence-electron chi connectivity index (χ0n) is 36.0. The first kappa shape index (κ1) is 41.7. The van der Waals surface area contributed by atoms with Crippen molar-refractivity contribution in [3.63, 3.8) is 0 Å². The maximum atomic E-state index is 15.1. The van der Waals surface area contributed by atoms with Crippen LogP contribution in [0.5, 0.6) is 0 Å². The van der Waals surface area contributed by atoms with Crippen molar-refractivity contribution < 1.29 is 22.0 Å². The van der Waals surface area contributed by atoms with E-state index in [1.807, 2.05) is 92.0 Å². The molecule has 4 nitrogen and oxygen atoms in total. The molecule has 0 N–H and O–H groups in total. The summed E-state index contributed by atoms with van der Waals surface area (Å²) in [4.78, 5) is 11.9. The van der Waals surface area contributed by atoms with Gasteiger partial charge in [0.05, 0.1) is 28.3 Å². The van der Waals surface area contributed by atoms with Gasteiger partial charge in [0.25, 0.3) is 5.92 Å². The number of hydrogen-bond acceptors (Lipinski definition) is 3. The smallest absolute Gasteiger partial charge is 0.324 e. The molecule has 1 aliphatic rings. The zero-order valence-corrected chi connectivity index (χ0v) is 36.0. The molecule has 8 aromatic rings. The van der Waals surface area contributed by atoms with Gasteiger partial charge in [-0.05, 0) is 108 Å². The molecule has 6 aromatic carbocycles. The molecule has 1 atom stereocenters. The Morgan fingerprint density at radius 2 is 1.25 bits per heavy atom. The van der Waals surface area contributed by atoms with Gasteiger partial charge in [-0.3, -0.25) is 9.98 Å². The van der Waals surface area contributed by atoms with E-state index in [-0.39, 0.29) is 23.6 Å². The van der Waals surface area contributed by atoms with E-state index in [1.54, 1.807) is 4.90 Å². The van der Waals surface area contributed by atoms with Crippen molar-refractivity contribution >= 4 is 33.3 Å². The van der Waals surface area contributed by atoms with Crippen LogP contribution in [-0.2, 0) is 17.5 Å². The lowest BCUT2D eigenvalue weighted by atomic mass is 9.85. The van der Waals surface area contributed by atoms with E-state index in [4.69, 9.17) is 9.98 Å². The third-order valence-electron chi connectivity index (χ3n) is 12.1. The highest BCUT2D eigenvalue weighted by Gasteiger charge is 2.39. The second kappa shape index (κ2) is 15.6. The van der Waals surface area contributed by atoms with Gasteiger partial charge in [-0.1, -0.05) is 105 Å². The molecule has 0 fully saturated rings. The first-order chi connectivity index (χ1) is 29.9. The number of amidine groups is 1. The zero-order chi connectivity index (χ0) is 44.4. The van der Waals surface area contributed by atoms with Gasteiger partial charge in [0.15, 0.2) is 0 Å². The number of alkyl halides is 5. The van der Waals surface area contributed by atoms with Crippen LogP contribution in [0.2, 0.25) is 0 Å². The molecule has 0 amide bonds. The third kappa shape index (κ3) is 8.13. The second-order valence-corrected chi connectivity index (χ2v) is 17.9. The number of nitrogens with zero attached hydrogens (tertiary/aromatic N) is 4. The van der Waals surface area contributed by atoms with E-state index in [2.05, 4.69) is 80.8 Å². The van der Waals surface area contributed by atoms with Gasteiger partial charge in [-0.2, -0.15) is 13.2 Å². The maximum Gasteiger partial charge on any atom is 0.416 e. The molecule has 0 unspecified atom stereocenters. The SMILES string of the molecule is Cc1cc(C2=N[C@H](C(c3ccccc3)c3ccccc3)CN2c2cc(C(C)(F)F)cc(C(F)(F)F)c2)cc(-n2c3ccc(C)cc3c3ccc(-c4cc(C(C)(C)C)ccn4)cc32)c1. The summed E-state index contributed by atoms with van der Waals surface area (Å²) in [5.41, 5.74) is 8.39. The van der Waals surface area contributed by atoms with Crippen molar-refractivity contribution in [1.82, 2.24) is 9.55 Å².